The number of carbonyl (C=O) groups excluding carboxylic acids is 1. The summed E-state index contributed by atoms with van der Waals surface area (Å²) < 4.78 is 0. The van der Waals surface area contributed by atoms with Gasteiger partial charge in [0, 0.05) is 13.1 Å². The van der Waals surface area contributed by atoms with Crippen molar-refractivity contribution in [3.63, 3.8) is 0 Å². The van der Waals surface area contributed by atoms with E-state index in [0.29, 0.717) is 11.4 Å². The van der Waals surface area contributed by atoms with Crippen LogP contribution in [0.4, 0.5) is 0 Å². The zero-order valence-corrected chi connectivity index (χ0v) is 9.46. The summed E-state index contributed by atoms with van der Waals surface area (Å²) in [7, 11) is 0. The molecule has 1 N–H and O–H groups in total. The van der Waals surface area contributed by atoms with Gasteiger partial charge in [-0.3, -0.25) is 9.78 Å². The lowest BCUT2D eigenvalue weighted by Crippen LogP contribution is -2.48. The number of nitrogens with zero attached hydrogens (tertiary/aromatic N) is 2. The lowest BCUT2D eigenvalue weighted by Gasteiger charge is -2.36. The summed E-state index contributed by atoms with van der Waals surface area (Å²) in [5.41, 5.74) is 0.911. The maximum Gasteiger partial charge on any atom is 0.265 e. The van der Waals surface area contributed by atoms with Gasteiger partial charge in [0.1, 0.15) is 4.88 Å². The van der Waals surface area contributed by atoms with E-state index in [2.05, 4.69) is 4.98 Å². The molecule has 0 saturated carbocycles. The number of aliphatic hydroxyl groups is 1. The Labute approximate surface area is 92.6 Å². The van der Waals surface area contributed by atoms with Gasteiger partial charge in [-0.2, -0.15) is 0 Å². The Balaban J connectivity index is 2.08. The van der Waals surface area contributed by atoms with Crippen LogP contribution >= 0.6 is 11.3 Å². The molecule has 1 amide bonds. The molecule has 4 nitrogen and oxygen atoms in total. The predicted octanol–water partition coefficient (Wildman–Crippen LogP) is 1.13. The first-order valence-electron chi connectivity index (χ1n) is 4.99. The van der Waals surface area contributed by atoms with Crippen LogP contribution in [0.3, 0.4) is 0 Å². The molecule has 0 aliphatic carbocycles. The Bertz CT molecular complexity index is 348. The Morgan fingerprint density at radius 2 is 2.53 bits per heavy atom. The van der Waals surface area contributed by atoms with Gasteiger partial charge in [0.2, 0.25) is 0 Å². The first-order valence-corrected chi connectivity index (χ1v) is 5.87. The highest BCUT2D eigenvalue weighted by Gasteiger charge is 2.31. The van der Waals surface area contributed by atoms with Gasteiger partial charge >= 0.3 is 0 Å². The highest BCUT2D eigenvalue weighted by atomic mass is 32.1. The predicted molar refractivity (Wildman–Crippen MR) is 57.9 cm³/mol. The number of rotatable bonds is 1. The van der Waals surface area contributed by atoms with Gasteiger partial charge in [0.05, 0.1) is 17.3 Å². The fraction of sp³-hybridized carbons (Fsp3) is 0.600. The van der Waals surface area contributed by atoms with Gasteiger partial charge < -0.3 is 10.0 Å². The average Bonchev–Trinajstić information content (AvgIpc) is 2.67. The maximum atomic E-state index is 11.9. The van der Waals surface area contributed by atoms with E-state index in [4.69, 9.17) is 0 Å². The maximum absolute atomic E-state index is 11.9. The summed E-state index contributed by atoms with van der Waals surface area (Å²) in [5.74, 6) is -0.0162. The molecule has 0 spiro atoms. The number of likely N-dealkylation sites (tertiary alicyclic amines) is 1. The second kappa shape index (κ2) is 3.90. The lowest BCUT2D eigenvalue weighted by molar-refractivity contribution is -0.0105. The molecule has 1 aliphatic heterocycles. The molecule has 1 fully saturated rings. The summed E-state index contributed by atoms with van der Waals surface area (Å²) in [6.07, 6.45) is 3.20. The fourth-order valence-corrected chi connectivity index (χ4v) is 2.46. The number of piperidine rings is 1. The minimum absolute atomic E-state index is 0.0162. The van der Waals surface area contributed by atoms with E-state index in [-0.39, 0.29) is 5.91 Å². The normalized spacial score (nSPS) is 26.7. The van der Waals surface area contributed by atoms with Crippen LogP contribution in [0, 0.1) is 0 Å². The topological polar surface area (TPSA) is 53.4 Å². The van der Waals surface area contributed by atoms with E-state index in [1.165, 1.54) is 11.3 Å². The molecular weight excluding hydrogens is 212 g/mol. The lowest BCUT2D eigenvalue weighted by atomic mass is 9.95. The van der Waals surface area contributed by atoms with Gasteiger partial charge in [-0.25, -0.2) is 0 Å². The first kappa shape index (κ1) is 10.6. The van der Waals surface area contributed by atoms with E-state index in [9.17, 15) is 9.90 Å². The molecule has 1 aromatic heterocycles. The van der Waals surface area contributed by atoms with Crippen molar-refractivity contribution in [2.75, 3.05) is 13.1 Å². The third-order valence-electron chi connectivity index (χ3n) is 2.61. The van der Waals surface area contributed by atoms with Crippen molar-refractivity contribution >= 4 is 17.2 Å². The van der Waals surface area contributed by atoms with Crippen molar-refractivity contribution in [3.8, 4) is 0 Å². The Hall–Kier alpha value is -0.940. The summed E-state index contributed by atoms with van der Waals surface area (Å²) in [4.78, 5) is 18.2. The molecule has 82 valence electrons. The summed E-state index contributed by atoms with van der Waals surface area (Å²) >= 11 is 1.34. The zero-order chi connectivity index (χ0) is 10.9. The molecule has 0 aromatic carbocycles. The molecule has 1 saturated heterocycles. The second-order valence-corrected chi connectivity index (χ2v) is 5.08. The number of hydrogen-bond donors (Lipinski definition) is 1. The van der Waals surface area contributed by atoms with E-state index in [1.807, 2.05) is 0 Å². The van der Waals surface area contributed by atoms with E-state index in [0.717, 1.165) is 19.4 Å². The van der Waals surface area contributed by atoms with Crippen molar-refractivity contribution in [1.82, 2.24) is 9.88 Å². The molecule has 15 heavy (non-hydrogen) atoms. The van der Waals surface area contributed by atoms with Crippen LogP contribution in [0.15, 0.2) is 11.7 Å². The number of amides is 1. The molecule has 2 heterocycles. The molecule has 5 heteroatoms. The number of carbonyl (C=O) groups is 1. The second-order valence-electron chi connectivity index (χ2n) is 4.19. The highest BCUT2D eigenvalue weighted by Crippen LogP contribution is 2.22. The van der Waals surface area contributed by atoms with Gasteiger partial charge in [-0.05, 0) is 19.8 Å². The largest absolute Gasteiger partial charge is 0.388 e. The number of thiazole rings is 1. The molecule has 1 atom stereocenters. The Kier molecular flexibility index (Phi) is 2.75. The van der Waals surface area contributed by atoms with E-state index in [1.54, 1.807) is 23.5 Å². The molecule has 1 unspecified atom stereocenters. The van der Waals surface area contributed by atoms with Crippen LogP contribution in [0.25, 0.3) is 0 Å². The Morgan fingerprint density at radius 1 is 1.73 bits per heavy atom. The molecule has 0 bridgehead atoms. The number of β-amino-alcohol motifs (C(OH)–C–C–N with tert-alkyl or cyclic N) is 1. The molecule has 0 radical (unpaired) electrons. The van der Waals surface area contributed by atoms with Gasteiger partial charge in [-0.15, -0.1) is 11.3 Å². The summed E-state index contributed by atoms with van der Waals surface area (Å²) in [5, 5.41) is 9.89. The standard InChI is InChI=1S/C10H14N2O2S/c1-10(14)3-2-4-12(6-10)9(13)8-5-11-7-15-8/h5,7,14H,2-4,6H2,1H3. The minimum atomic E-state index is -0.738. The van der Waals surface area contributed by atoms with Gasteiger partial charge in [0.15, 0.2) is 0 Å². The smallest absolute Gasteiger partial charge is 0.265 e. The third kappa shape index (κ3) is 2.35. The number of aromatic nitrogens is 1. The minimum Gasteiger partial charge on any atom is -0.388 e. The van der Waals surface area contributed by atoms with E-state index < -0.39 is 5.60 Å². The van der Waals surface area contributed by atoms with Crippen molar-refractivity contribution < 1.29 is 9.90 Å². The molecule has 1 aliphatic rings. The molecular formula is C10H14N2O2S. The average molecular weight is 226 g/mol. The quantitative estimate of drug-likeness (QED) is 0.781. The van der Waals surface area contributed by atoms with E-state index >= 15 is 0 Å². The van der Waals surface area contributed by atoms with Crippen LogP contribution in [0.5, 0.6) is 0 Å². The van der Waals surface area contributed by atoms with Crippen LogP contribution in [-0.4, -0.2) is 39.6 Å². The third-order valence-corrected chi connectivity index (χ3v) is 3.37. The van der Waals surface area contributed by atoms with Crippen LogP contribution < -0.4 is 0 Å². The molecule has 2 rings (SSSR count). The van der Waals surface area contributed by atoms with Gasteiger partial charge in [-0.1, -0.05) is 0 Å². The van der Waals surface area contributed by atoms with Crippen LogP contribution in [0.2, 0.25) is 0 Å². The first-order chi connectivity index (χ1) is 7.08. The Morgan fingerprint density at radius 3 is 3.13 bits per heavy atom. The SMILES string of the molecule is CC1(O)CCCN(C(=O)c2cncs2)C1. The zero-order valence-electron chi connectivity index (χ0n) is 8.64. The van der Waals surface area contributed by atoms with Crippen molar-refractivity contribution in [1.29, 1.82) is 0 Å². The monoisotopic (exact) mass is 226 g/mol. The van der Waals surface area contributed by atoms with Crippen molar-refractivity contribution in [2.45, 2.75) is 25.4 Å². The summed E-state index contributed by atoms with van der Waals surface area (Å²) in [6, 6.07) is 0. The summed E-state index contributed by atoms with van der Waals surface area (Å²) in [6.45, 7) is 2.93. The fourth-order valence-electron chi connectivity index (χ4n) is 1.87. The van der Waals surface area contributed by atoms with Crippen LogP contribution in [-0.2, 0) is 0 Å². The van der Waals surface area contributed by atoms with Crippen molar-refractivity contribution in [2.24, 2.45) is 0 Å². The number of hydrogen-bond acceptors (Lipinski definition) is 4. The van der Waals surface area contributed by atoms with Crippen LogP contribution in [0.1, 0.15) is 29.4 Å². The van der Waals surface area contributed by atoms with Crippen molar-refractivity contribution in [3.05, 3.63) is 16.6 Å². The molecule has 1 aromatic rings. The highest BCUT2D eigenvalue weighted by molar-refractivity contribution is 7.11. The van der Waals surface area contributed by atoms with Gasteiger partial charge in [0.25, 0.3) is 5.91 Å².